The van der Waals surface area contributed by atoms with Crippen LogP contribution >= 0.6 is 7.60 Å². The van der Waals surface area contributed by atoms with Crippen molar-refractivity contribution in [3.8, 4) is 0 Å². The molecule has 0 radical (unpaired) electrons. The molecular formula is C44H106N5O16PS3. The molecule has 0 atom stereocenters. The zero-order valence-corrected chi connectivity index (χ0v) is 48.9. The topological polar surface area (TPSA) is 267 Å². The monoisotopic (exact) mass is 1090 g/mol. The molecule has 69 heavy (non-hydrogen) atoms. The summed E-state index contributed by atoms with van der Waals surface area (Å²) >= 11 is 0. The first kappa shape index (κ1) is 84.7. The third kappa shape index (κ3) is 118. The van der Waals surface area contributed by atoms with E-state index in [9.17, 15) is 13.0 Å². The first-order chi connectivity index (χ1) is 31.1. The van der Waals surface area contributed by atoms with Crippen LogP contribution in [0.1, 0.15) is 123 Å². The summed E-state index contributed by atoms with van der Waals surface area (Å²) in [5.41, 5.74) is 0. The third-order valence-electron chi connectivity index (χ3n) is 8.42. The summed E-state index contributed by atoms with van der Waals surface area (Å²) in [4.78, 5) is 28.0. The fourth-order valence-electron chi connectivity index (χ4n) is 4.40. The van der Waals surface area contributed by atoms with Crippen LogP contribution in [0.3, 0.4) is 0 Å². The molecule has 0 aromatic rings. The van der Waals surface area contributed by atoms with Gasteiger partial charge < -0.3 is 53.2 Å². The van der Waals surface area contributed by atoms with E-state index in [1.807, 2.05) is 51.6 Å². The van der Waals surface area contributed by atoms with E-state index < -0.39 is 38.9 Å². The molecule has 3 N–H and O–H groups in total. The predicted octanol–water partition coefficient (Wildman–Crippen LogP) is 5.26. The molecule has 0 unspecified atom stereocenters. The van der Waals surface area contributed by atoms with Gasteiger partial charge >= 0.3 is 28.8 Å². The molecule has 0 saturated heterocycles. The SMILES string of the molecule is C.CC(C)OCCN(C)CCCS(=O)(=O)O.CC(C)OCCN(C)CCP(=O)(O)O.CCCN(C)CCOC(C)C.CCN(C)CCCC(C)C.CCN(C)CCOC(C)C.O=S(=O)=O.O=S(=O)=O. The van der Waals surface area contributed by atoms with E-state index in [0.29, 0.717) is 51.5 Å². The van der Waals surface area contributed by atoms with Crippen molar-refractivity contribution in [2.75, 3.05) is 139 Å². The number of nitrogens with zero attached hydrogens (tertiary/aromatic N) is 5. The Morgan fingerprint density at radius 1 is 0.493 bits per heavy atom. The Bertz CT molecular complexity index is 1380. The van der Waals surface area contributed by atoms with E-state index in [-0.39, 0.29) is 31.5 Å². The standard InChI is InChI=1S/C9H21NO4S.C9H21NO.C9H21N.C8H20NO4P.C8H19NO.CH4.2O3S/c1-9(2)14-7-6-10(3)5-4-8-15(11,12)13;1-5-6-10(4)7-8-11-9(2)3;1-5-10(4)8-6-7-9(2)3;1-8(2)13-6-4-9(3)5-7-14(10,11)12;1-5-9(4)6-7-10-8(2)3;;2*1-4(2)3/h9H,4-8H2,1-3H3,(H,11,12,13);9H,5-8H2,1-4H3;9H,5-8H2,1-4H3;8H,4-7H2,1-3H3,(H2,10,11,12);8H,5-7H2,1-4H3;1H4;;. The second-order valence-electron chi connectivity index (χ2n) is 17.4. The quantitative estimate of drug-likeness (QED) is 0.0590. The van der Waals surface area contributed by atoms with Crippen molar-refractivity contribution < 1.29 is 71.5 Å². The van der Waals surface area contributed by atoms with Gasteiger partial charge in [0.2, 0.25) is 0 Å². The van der Waals surface area contributed by atoms with Gasteiger partial charge in [-0.05, 0) is 155 Å². The highest BCUT2D eigenvalue weighted by atomic mass is 32.2. The highest BCUT2D eigenvalue weighted by Crippen LogP contribution is 2.33. The number of hydrogen-bond acceptors (Lipinski definition) is 18. The molecule has 426 valence electrons. The summed E-state index contributed by atoms with van der Waals surface area (Å²) in [5.74, 6) is 0.688. The summed E-state index contributed by atoms with van der Waals surface area (Å²) in [6, 6.07) is 0. The van der Waals surface area contributed by atoms with E-state index in [1.54, 1.807) is 0 Å². The first-order valence-corrected chi connectivity index (χ1v) is 28.9. The molecule has 0 bridgehead atoms. The molecule has 0 saturated carbocycles. The van der Waals surface area contributed by atoms with Gasteiger partial charge in [-0.2, -0.15) is 8.42 Å². The predicted molar refractivity (Wildman–Crippen MR) is 282 cm³/mol. The van der Waals surface area contributed by atoms with Gasteiger partial charge in [-0.15, -0.1) is 25.3 Å². The molecule has 25 heteroatoms. The van der Waals surface area contributed by atoms with Gasteiger partial charge in [0, 0.05) is 32.7 Å². The Balaban J connectivity index is -0.000000108. The largest absolute Gasteiger partial charge is 0.425 e. The van der Waals surface area contributed by atoms with Crippen LogP contribution < -0.4 is 0 Å². The van der Waals surface area contributed by atoms with Gasteiger partial charge in [0.25, 0.3) is 10.1 Å². The highest BCUT2D eigenvalue weighted by Gasteiger charge is 2.13. The molecule has 0 amide bonds. The van der Waals surface area contributed by atoms with Crippen LogP contribution in [0, 0.1) is 5.92 Å². The van der Waals surface area contributed by atoms with Gasteiger partial charge in [-0.25, -0.2) is 0 Å². The summed E-state index contributed by atoms with van der Waals surface area (Å²) in [7, 11) is -3.76. The summed E-state index contributed by atoms with van der Waals surface area (Å²) in [6.45, 7) is 39.4. The van der Waals surface area contributed by atoms with Crippen LogP contribution in [0.4, 0.5) is 0 Å². The molecule has 0 heterocycles. The Morgan fingerprint density at radius 2 is 0.768 bits per heavy atom. The van der Waals surface area contributed by atoms with Gasteiger partial charge in [0.05, 0.1) is 62.8 Å². The minimum Gasteiger partial charge on any atom is -0.377 e. The highest BCUT2D eigenvalue weighted by molar-refractivity contribution is 7.85. The van der Waals surface area contributed by atoms with E-state index >= 15 is 0 Å². The van der Waals surface area contributed by atoms with Gasteiger partial charge in [0.15, 0.2) is 0 Å². The number of ether oxygens (including phenoxy) is 4. The second-order valence-corrected chi connectivity index (χ2v) is 21.5. The van der Waals surface area contributed by atoms with E-state index in [4.69, 9.17) is 58.5 Å². The smallest absolute Gasteiger partial charge is 0.377 e. The van der Waals surface area contributed by atoms with Crippen LogP contribution in [-0.2, 0) is 54.8 Å². The fraction of sp³-hybridized carbons (Fsp3) is 1.00. The molecule has 0 aromatic heterocycles. The number of likely N-dealkylation sites (N-methyl/N-ethyl adjacent to an activating group) is 4. The average Bonchev–Trinajstić information content (AvgIpc) is 3.16. The maximum Gasteiger partial charge on any atom is 0.425 e. The molecule has 0 spiro atoms. The van der Waals surface area contributed by atoms with Crippen LogP contribution in [0.15, 0.2) is 0 Å². The summed E-state index contributed by atoms with van der Waals surface area (Å²) in [6.07, 6.45) is 5.43. The third-order valence-corrected chi connectivity index (χ3v) is 10.0. The molecule has 0 aliphatic rings. The Morgan fingerprint density at radius 3 is 1.03 bits per heavy atom. The van der Waals surface area contributed by atoms with Crippen molar-refractivity contribution in [3.63, 3.8) is 0 Å². The molecule has 0 aliphatic carbocycles. The lowest BCUT2D eigenvalue weighted by atomic mass is 10.1. The normalized spacial score (nSPS) is 11.2. The molecular weight excluding hydrogens is 982 g/mol. The first-order valence-electron chi connectivity index (χ1n) is 23.5. The minimum atomic E-state index is -3.85. The zero-order valence-electron chi connectivity index (χ0n) is 45.6. The molecule has 21 nitrogen and oxygen atoms in total. The Kier molecular flexibility index (Phi) is 71.0. The van der Waals surface area contributed by atoms with Crippen molar-refractivity contribution in [2.45, 2.75) is 148 Å². The minimum absolute atomic E-state index is 0. The van der Waals surface area contributed by atoms with E-state index in [0.717, 1.165) is 45.3 Å². The molecule has 0 fully saturated rings. The van der Waals surface area contributed by atoms with Crippen LogP contribution in [-0.4, -0.2) is 236 Å². The van der Waals surface area contributed by atoms with Crippen molar-refractivity contribution in [3.05, 3.63) is 0 Å². The van der Waals surface area contributed by atoms with Gasteiger partial charge in [-0.3, -0.25) is 9.12 Å². The zero-order chi connectivity index (χ0) is 54.9. The van der Waals surface area contributed by atoms with Gasteiger partial charge in [-0.1, -0.05) is 42.0 Å². The van der Waals surface area contributed by atoms with Crippen molar-refractivity contribution in [1.29, 1.82) is 0 Å². The van der Waals surface area contributed by atoms with Crippen molar-refractivity contribution in [2.24, 2.45) is 5.92 Å². The van der Waals surface area contributed by atoms with Crippen LogP contribution in [0.25, 0.3) is 0 Å². The second kappa shape index (κ2) is 57.8. The summed E-state index contributed by atoms with van der Waals surface area (Å²) in [5, 5.41) is 0. The molecule has 0 rings (SSSR count). The molecule has 0 aromatic carbocycles. The maximum absolute atomic E-state index is 10.6. The summed E-state index contributed by atoms with van der Waals surface area (Å²) < 4.78 is 112. The lowest BCUT2D eigenvalue weighted by molar-refractivity contribution is 0.0637. The van der Waals surface area contributed by atoms with Crippen LogP contribution in [0.2, 0.25) is 0 Å². The van der Waals surface area contributed by atoms with Crippen LogP contribution in [0.5, 0.6) is 0 Å². The Hall–Kier alpha value is -1.06. The Labute approximate surface area is 425 Å². The maximum atomic E-state index is 10.6. The number of hydrogen-bond donors (Lipinski definition) is 3. The lowest BCUT2D eigenvalue weighted by Crippen LogP contribution is -2.27. The van der Waals surface area contributed by atoms with E-state index in [2.05, 4.69) is 98.2 Å². The van der Waals surface area contributed by atoms with E-state index in [1.165, 1.54) is 38.9 Å². The van der Waals surface area contributed by atoms with Crippen molar-refractivity contribution >= 4 is 38.9 Å². The molecule has 0 aliphatic heterocycles. The van der Waals surface area contributed by atoms with Gasteiger partial charge in [0.1, 0.15) is 0 Å². The number of rotatable bonds is 31. The average molecular weight is 1090 g/mol. The van der Waals surface area contributed by atoms with Crippen molar-refractivity contribution in [1.82, 2.24) is 24.5 Å². The lowest BCUT2D eigenvalue weighted by Gasteiger charge is -2.17. The fourth-order valence-corrected chi connectivity index (χ4v) is 5.49.